The van der Waals surface area contributed by atoms with Crippen LogP contribution < -0.4 is 9.47 Å². The van der Waals surface area contributed by atoms with Crippen molar-refractivity contribution < 1.29 is 9.47 Å². The standard InChI is InChI=1S/C14H17NO2/c1-4-16-14-9-12(10-15)5-6-13(14)17-8-7-11(2)3/h5-6,9H,2,4,7-8H2,1,3H3. The van der Waals surface area contributed by atoms with E-state index < -0.39 is 0 Å². The number of hydrogen-bond donors (Lipinski definition) is 0. The third kappa shape index (κ3) is 4.20. The molecule has 3 heteroatoms. The molecule has 17 heavy (non-hydrogen) atoms. The first-order chi connectivity index (χ1) is 8.17. The van der Waals surface area contributed by atoms with Crippen LogP contribution in [0.5, 0.6) is 11.5 Å². The van der Waals surface area contributed by atoms with Crippen LogP contribution in [0.4, 0.5) is 0 Å². The first-order valence-corrected chi connectivity index (χ1v) is 5.61. The fourth-order valence-corrected chi connectivity index (χ4v) is 1.30. The molecule has 0 aliphatic carbocycles. The summed E-state index contributed by atoms with van der Waals surface area (Å²) < 4.78 is 11.0. The Kier molecular flexibility index (Phi) is 5.09. The van der Waals surface area contributed by atoms with E-state index in [-0.39, 0.29) is 0 Å². The zero-order chi connectivity index (χ0) is 12.7. The smallest absolute Gasteiger partial charge is 0.162 e. The van der Waals surface area contributed by atoms with Crippen molar-refractivity contribution in [1.29, 1.82) is 5.26 Å². The molecule has 0 aromatic heterocycles. The van der Waals surface area contributed by atoms with Crippen molar-refractivity contribution in [2.45, 2.75) is 20.3 Å². The van der Waals surface area contributed by atoms with Crippen molar-refractivity contribution in [3.05, 3.63) is 35.9 Å². The second-order valence-electron chi connectivity index (χ2n) is 3.76. The van der Waals surface area contributed by atoms with Gasteiger partial charge in [-0.15, -0.1) is 6.58 Å². The van der Waals surface area contributed by atoms with Gasteiger partial charge < -0.3 is 9.47 Å². The van der Waals surface area contributed by atoms with Gasteiger partial charge in [0.05, 0.1) is 24.8 Å². The second-order valence-corrected chi connectivity index (χ2v) is 3.76. The minimum Gasteiger partial charge on any atom is -0.490 e. The van der Waals surface area contributed by atoms with Crippen LogP contribution in [0, 0.1) is 11.3 Å². The van der Waals surface area contributed by atoms with Gasteiger partial charge in [-0.05, 0) is 26.0 Å². The Labute approximate surface area is 102 Å². The molecule has 1 rings (SSSR count). The van der Waals surface area contributed by atoms with Crippen molar-refractivity contribution in [3.8, 4) is 17.6 Å². The average Bonchev–Trinajstić information content (AvgIpc) is 2.31. The lowest BCUT2D eigenvalue weighted by molar-refractivity contribution is 0.279. The molecule has 0 spiro atoms. The number of hydrogen-bond acceptors (Lipinski definition) is 3. The molecule has 3 nitrogen and oxygen atoms in total. The molecule has 0 fully saturated rings. The molecule has 0 N–H and O–H groups in total. The summed E-state index contributed by atoms with van der Waals surface area (Å²) in [5, 5.41) is 8.81. The zero-order valence-corrected chi connectivity index (χ0v) is 10.3. The van der Waals surface area contributed by atoms with Gasteiger partial charge in [-0.25, -0.2) is 0 Å². The maximum Gasteiger partial charge on any atom is 0.162 e. The molecule has 1 aromatic rings. The Morgan fingerprint density at radius 1 is 1.35 bits per heavy atom. The third-order valence-corrected chi connectivity index (χ3v) is 2.16. The van der Waals surface area contributed by atoms with E-state index in [0.29, 0.717) is 30.3 Å². The molecule has 0 heterocycles. The lowest BCUT2D eigenvalue weighted by atomic mass is 10.2. The van der Waals surface area contributed by atoms with Crippen LogP contribution in [0.1, 0.15) is 25.8 Å². The first kappa shape index (κ1) is 13.1. The van der Waals surface area contributed by atoms with Gasteiger partial charge in [-0.2, -0.15) is 5.26 Å². The molecule has 0 bridgehead atoms. The van der Waals surface area contributed by atoms with Crippen LogP contribution in [0.25, 0.3) is 0 Å². The van der Waals surface area contributed by atoms with Crippen LogP contribution in [-0.4, -0.2) is 13.2 Å². The molecule has 90 valence electrons. The highest BCUT2D eigenvalue weighted by Crippen LogP contribution is 2.28. The highest BCUT2D eigenvalue weighted by molar-refractivity contribution is 5.46. The summed E-state index contributed by atoms with van der Waals surface area (Å²) in [5.74, 6) is 1.29. The third-order valence-electron chi connectivity index (χ3n) is 2.16. The van der Waals surface area contributed by atoms with Gasteiger partial charge in [-0.1, -0.05) is 5.57 Å². The van der Waals surface area contributed by atoms with E-state index in [1.54, 1.807) is 18.2 Å². The van der Waals surface area contributed by atoms with E-state index in [9.17, 15) is 0 Å². The van der Waals surface area contributed by atoms with E-state index in [1.165, 1.54) is 0 Å². The van der Waals surface area contributed by atoms with E-state index in [0.717, 1.165) is 12.0 Å². The van der Waals surface area contributed by atoms with Gasteiger partial charge in [0.25, 0.3) is 0 Å². The molecule has 1 aromatic carbocycles. The van der Waals surface area contributed by atoms with Crippen molar-refractivity contribution in [1.82, 2.24) is 0 Å². The second kappa shape index (κ2) is 6.59. The molecular weight excluding hydrogens is 214 g/mol. The summed E-state index contributed by atoms with van der Waals surface area (Å²) in [5.41, 5.74) is 1.65. The normalized spacial score (nSPS) is 9.47. The minimum atomic E-state index is 0.547. The van der Waals surface area contributed by atoms with Crippen LogP contribution in [0.15, 0.2) is 30.4 Å². The molecule has 0 radical (unpaired) electrons. The van der Waals surface area contributed by atoms with Crippen molar-refractivity contribution in [2.75, 3.05) is 13.2 Å². The minimum absolute atomic E-state index is 0.547. The molecule has 0 aliphatic rings. The summed E-state index contributed by atoms with van der Waals surface area (Å²) in [6.45, 7) is 8.80. The van der Waals surface area contributed by atoms with Gasteiger partial charge in [0, 0.05) is 12.5 Å². The summed E-state index contributed by atoms with van der Waals surface area (Å²) in [7, 11) is 0. The molecule has 0 saturated carbocycles. The molecule has 0 saturated heterocycles. The summed E-state index contributed by atoms with van der Waals surface area (Å²) >= 11 is 0. The highest BCUT2D eigenvalue weighted by Gasteiger charge is 2.06. The Hall–Kier alpha value is -1.95. The first-order valence-electron chi connectivity index (χ1n) is 5.61. The maximum absolute atomic E-state index is 8.81. The monoisotopic (exact) mass is 231 g/mol. The molecule has 0 unspecified atom stereocenters. The fraction of sp³-hybridized carbons (Fsp3) is 0.357. The van der Waals surface area contributed by atoms with Gasteiger partial charge in [0.2, 0.25) is 0 Å². The molecule has 0 atom stereocenters. The van der Waals surface area contributed by atoms with Gasteiger partial charge in [0.15, 0.2) is 11.5 Å². The number of rotatable bonds is 6. The number of benzene rings is 1. The Morgan fingerprint density at radius 3 is 2.71 bits per heavy atom. The molecular formula is C14H17NO2. The SMILES string of the molecule is C=C(C)CCOc1ccc(C#N)cc1OCC. The van der Waals surface area contributed by atoms with E-state index >= 15 is 0 Å². The predicted octanol–water partition coefficient (Wildman–Crippen LogP) is 3.30. The van der Waals surface area contributed by atoms with E-state index in [1.807, 2.05) is 13.8 Å². The van der Waals surface area contributed by atoms with Crippen LogP contribution in [-0.2, 0) is 0 Å². The maximum atomic E-state index is 8.81. The zero-order valence-electron chi connectivity index (χ0n) is 10.3. The van der Waals surface area contributed by atoms with Gasteiger partial charge in [0.1, 0.15) is 0 Å². The van der Waals surface area contributed by atoms with Crippen LogP contribution in [0.2, 0.25) is 0 Å². The Morgan fingerprint density at radius 2 is 2.12 bits per heavy atom. The summed E-state index contributed by atoms with van der Waals surface area (Å²) in [6.07, 6.45) is 0.811. The lowest BCUT2D eigenvalue weighted by Crippen LogP contribution is -2.01. The Balaban J connectivity index is 2.76. The Bertz CT molecular complexity index is 432. The van der Waals surface area contributed by atoms with E-state index in [2.05, 4.69) is 12.6 Å². The quantitative estimate of drug-likeness (QED) is 0.705. The van der Waals surface area contributed by atoms with Crippen molar-refractivity contribution in [2.24, 2.45) is 0 Å². The number of nitriles is 1. The van der Waals surface area contributed by atoms with Gasteiger partial charge in [-0.3, -0.25) is 0 Å². The predicted molar refractivity (Wildman–Crippen MR) is 67.3 cm³/mol. The number of ether oxygens (including phenoxy) is 2. The fourth-order valence-electron chi connectivity index (χ4n) is 1.30. The largest absolute Gasteiger partial charge is 0.490 e. The average molecular weight is 231 g/mol. The van der Waals surface area contributed by atoms with Crippen LogP contribution in [0.3, 0.4) is 0 Å². The summed E-state index contributed by atoms with van der Waals surface area (Å²) in [6, 6.07) is 7.26. The molecule has 0 amide bonds. The van der Waals surface area contributed by atoms with Crippen molar-refractivity contribution in [3.63, 3.8) is 0 Å². The van der Waals surface area contributed by atoms with Crippen molar-refractivity contribution >= 4 is 0 Å². The van der Waals surface area contributed by atoms with E-state index in [4.69, 9.17) is 14.7 Å². The van der Waals surface area contributed by atoms with Crippen LogP contribution >= 0.6 is 0 Å². The highest BCUT2D eigenvalue weighted by atomic mass is 16.5. The number of nitrogens with zero attached hydrogens (tertiary/aromatic N) is 1. The van der Waals surface area contributed by atoms with Gasteiger partial charge >= 0.3 is 0 Å². The molecule has 0 aliphatic heterocycles. The lowest BCUT2D eigenvalue weighted by Gasteiger charge is -2.11. The topological polar surface area (TPSA) is 42.2 Å². The summed E-state index contributed by atoms with van der Waals surface area (Å²) in [4.78, 5) is 0.